The predicted octanol–water partition coefficient (Wildman–Crippen LogP) is 4.54. The maximum atomic E-state index is 12.9. The number of anilines is 1. The quantitative estimate of drug-likeness (QED) is 0.765. The average molecular weight is 319 g/mol. The summed E-state index contributed by atoms with van der Waals surface area (Å²) in [6.07, 6.45) is -4.34. The second kappa shape index (κ2) is 5.95. The molecule has 0 aliphatic rings. The third-order valence-corrected chi connectivity index (χ3v) is 3.58. The molecule has 0 saturated heterocycles. The number of hydrogen-bond donors (Lipinski definition) is 1. The number of halogens is 3. The van der Waals surface area contributed by atoms with Crippen LogP contribution < -0.4 is 5.32 Å². The topological polar surface area (TPSA) is 29.9 Å². The molecule has 1 aromatic heterocycles. The Hall–Kier alpha value is -2.50. The Morgan fingerprint density at radius 3 is 2.61 bits per heavy atom. The number of hydrogen-bond acceptors (Lipinski definition) is 2. The summed E-state index contributed by atoms with van der Waals surface area (Å²) in [5, 5.41) is 3.16. The predicted molar refractivity (Wildman–Crippen MR) is 84.4 cm³/mol. The Kier molecular flexibility index (Phi) is 3.98. The van der Waals surface area contributed by atoms with Crippen molar-refractivity contribution in [3.8, 4) is 0 Å². The van der Waals surface area contributed by atoms with Crippen molar-refractivity contribution < 1.29 is 13.2 Å². The first-order chi connectivity index (χ1) is 11.0. The maximum Gasteiger partial charge on any atom is 0.416 e. The SMILES string of the molecule is CCNc1nc2ccccc2n1Cc1cccc(C(F)(F)F)c1. The molecule has 0 aliphatic heterocycles. The Bertz CT molecular complexity index is 821. The lowest BCUT2D eigenvalue weighted by Crippen LogP contribution is -2.09. The van der Waals surface area contributed by atoms with Crippen LogP contribution in [0.3, 0.4) is 0 Å². The molecule has 0 unspecified atom stereocenters. The van der Waals surface area contributed by atoms with Crippen LogP contribution >= 0.6 is 0 Å². The van der Waals surface area contributed by atoms with Crippen LogP contribution in [0, 0.1) is 0 Å². The van der Waals surface area contributed by atoms with Gasteiger partial charge in [-0.25, -0.2) is 4.98 Å². The van der Waals surface area contributed by atoms with E-state index in [1.807, 2.05) is 35.8 Å². The Balaban J connectivity index is 2.02. The van der Waals surface area contributed by atoms with Gasteiger partial charge in [0.25, 0.3) is 0 Å². The van der Waals surface area contributed by atoms with Crippen LogP contribution in [0.1, 0.15) is 18.1 Å². The van der Waals surface area contributed by atoms with Gasteiger partial charge in [0.2, 0.25) is 5.95 Å². The molecular formula is C17H16F3N3. The summed E-state index contributed by atoms with van der Waals surface area (Å²) >= 11 is 0. The highest BCUT2D eigenvalue weighted by Gasteiger charge is 2.30. The number of aromatic nitrogens is 2. The van der Waals surface area contributed by atoms with Crippen LogP contribution in [0.5, 0.6) is 0 Å². The molecule has 0 saturated carbocycles. The zero-order chi connectivity index (χ0) is 16.4. The molecule has 0 fully saturated rings. The molecule has 2 aromatic carbocycles. The molecule has 6 heteroatoms. The second-order valence-corrected chi connectivity index (χ2v) is 5.24. The number of benzene rings is 2. The van der Waals surface area contributed by atoms with Crippen molar-refractivity contribution in [3.05, 3.63) is 59.7 Å². The molecule has 0 bridgehead atoms. The van der Waals surface area contributed by atoms with Crippen LogP contribution in [0.2, 0.25) is 0 Å². The molecule has 1 N–H and O–H groups in total. The summed E-state index contributed by atoms with van der Waals surface area (Å²) in [7, 11) is 0. The summed E-state index contributed by atoms with van der Waals surface area (Å²) < 4.78 is 40.5. The summed E-state index contributed by atoms with van der Waals surface area (Å²) in [5.74, 6) is 0.658. The molecule has 3 rings (SSSR count). The van der Waals surface area contributed by atoms with E-state index in [4.69, 9.17) is 0 Å². The summed E-state index contributed by atoms with van der Waals surface area (Å²) in [4.78, 5) is 4.50. The molecule has 120 valence electrons. The lowest BCUT2D eigenvalue weighted by Gasteiger charge is -2.12. The number of nitrogens with one attached hydrogen (secondary N) is 1. The third-order valence-electron chi connectivity index (χ3n) is 3.58. The highest BCUT2D eigenvalue weighted by molar-refractivity contribution is 5.78. The lowest BCUT2D eigenvalue weighted by molar-refractivity contribution is -0.137. The molecular weight excluding hydrogens is 303 g/mol. The second-order valence-electron chi connectivity index (χ2n) is 5.24. The highest BCUT2D eigenvalue weighted by atomic mass is 19.4. The minimum atomic E-state index is -4.34. The summed E-state index contributed by atoms with van der Waals surface area (Å²) in [6.45, 7) is 2.96. The number of fused-ring (bicyclic) bond motifs is 1. The van der Waals surface area contributed by atoms with Crippen molar-refractivity contribution >= 4 is 17.0 Å². The largest absolute Gasteiger partial charge is 0.416 e. The first kappa shape index (κ1) is 15.4. The van der Waals surface area contributed by atoms with Crippen LogP contribution in [-0.4, -0.2) is 16.1 Å². The van der Waals surface area contributed by atoms with Gasteiger partial charge in [0.05, 0.1) is 23.1 Å². The average Bonchev–Trinajstić information content (AvgIpc) is 2.85. The van der Waals surface area contributed by atoms with E-state index < -0.39 is 11.7 Å². The van der Waals surface area contributed by atoms with Gasteiger partial charge in [0.15, 0.2) is 0 Å². The first-order valence-corrected chi connectivity index (χ1v) is 7.34. The fraction of sp³-hybridized carbons (Fsp3) is 0.235. The van der Waals surface area contributed by atoms with Crippen LogP contribution in [0.4, 0.5) is 19.1 Å². The number of para-hydroxylation sites is 2. The summed E-state index contributed by atoms with van der Waals surface area (Å²) in [5.41, 5.74) is 1.66. The van der Waals surface area contributed by atoms with Crippen molar-refractivity contribution in [2.24, 2.45) is 0 Å². The van der Waals surface area contributed by atoms with Crippen LogP contribution in [0.15, 0.2) is 48.5 Å². The molecule has 3 aromatic rings. The van der Waals surface area contributed by atoms with Crippen molar-refractivity contribution in [1.82, 2.24) is 9.55 Å². The van der Waals surface area contributed by atoms with Gasteiger partial charge in [0, 0.05) is 6.54 Å². The van der Waals surface area contributed by atoms with E-state index in [9.17, 15) is 13.2 Å². The van der Waals surface area contributed by atoms with E-state index in [1.165, 1.54) is 12.1 Å². The van der Waals surface area contributed by atoms with Gasteiger partial charge >= 0.3 is 6.18 Å². The highest BCUT2D eigenvalue weighted by Crippen LogP contribution is 2.30. The van der Waals surface area contributed by atoms with E-state index in [0.29, 0.717) is 24.6 Å². The fourth-order valence-corrected chi connectivity index (χ4v) is 2.56. The Labute approximate surface area is 131 Å². The molecule has 1 heterocycles. The third kappa shape index (κ3) is 3.16. The molecule has 3 nitrogen and oxygen atoms in total. The minimum absolute atomic E-state index is 0.326. The molecule has 0 atom stereocenters. The summed E-state index contributed by atoms with van der Waals surface area (Å²) in [6, 6.07) is 13.0. The van der Waals surface area contributed by atoms with E-state index in [0.717, 1.165) is 17.1 Å². The molecule has 0 amide bonds. The van der Waals surface area contributed by atoms with Gasteiger partial charge in [-0.15, -0.1) is 0 Å². The number of nitrogens with zero attached hydrogens (tertiary/aromatic N) is 2. The molecule has 0 spiro atoms. The smallest absolute Gasteiger partial charge is 0.356 e. The van der Waals surface area contributed by atoms with Crippen molar-refractivity contribution in [3.63, 3.8) is 0 Å². The first-order valence-electron chi connectivity index (χ1n) is 7.34. The van der Waals surface area contributed by atoms with E-state index in [-0.39, 0.29) is 0 Å². The molecule has 0 radical (unpaired) electrons. The number of alkyl halides is 3. The zero-order valence-corrected chi connectivity index (χ0v) is 12.6. The van der Waals surface area contributed by atoms with Crippen LogP contribution in [0.25, 0.3) is 11.0 Å². The van der Waals surface area contributed by atoms with Crippen molar-refractivity contribution in [1.29, 1.82) is 0 Å². The molecule has 23 heavy (non-hydrogen) atoms. The normalized spacial score (nSPS) is 11.8. The van der Waals surface area contributed by atoms with Gasteiger partial charge in [-0.3, -0.25) is 0 Å². The standard InChI is InChI=1S/C17H16F3N3/c1-2-21-16-22-14-8-3-4-9-15(14)23(16)11-12-6-5-7-13(10-12)17(18,19)20/h3-10H,2,11H2,1H3,(H,21,22). The van der Waals surface area contributed by atoms with Gasteiger partial charge in [0.1, 0.15) is 0 Å². The van der Waals surface area contributed by atoms with E-state index in [1.54, 1.807) is 6.07 Å². The Morgan fingerprint density at radius 2 is 1.87 bits per heavy atom. The van der Waals surface area contributed by atoms with Crippen LogP contribution in [-0.2, 0) is 12.7 Å². The number of rotatable bonds is 4. The minimum Gasteiger partial charge on any atom is -0.356 e. The van der Waals surface area contributed by atoms with Crippen molar-refractivity contribution in [2.45, 2.75) is 19.6 Å². The lowest BCUT2D eigenvalue weighted by atomic mass is 10.1. The van der Waals surface area contributed by atoms with Gasteiger partial charge in [-0.05, 0) is 36.8 Å². The molecule has 0 aliphatic carbocycles. The number of imidazole rings is 1. The van der Waals surface area contributed by atoms with Gasteiger partial charge in [-0.2, -0.15) is 13.2 Å². The van der Waals surface area contributed by atoms with E-state index >= 15 is 0 Å². The Morgan fingerprint density at radius 1 is 1.09 bits per heavy atom. The maximum absolute atomic E-state index is 12.9. The van der Waals surface area contributed by atoms with E-state index in [2.05, 4.69) is 10.3 Å². The fourth-order valence-electron chi connectivity index (χ4n) is 2.56. The van der Waals surface area contributed by atoms with Crippen molar-refractivity contribution in [2.75, 3.05) is 11.9 Å². The van der Waals surface area contributed by atoms with Gasteiger partial charge in [-0.1, -0.05) is 24.3 Å². The zero-order valence-electron chi connectivity index (χ0n) is 12.6. The monoisotopic (exact) mass is 319 g/mol. The van der Waals surface area contributed by atoms with Gasteiger partial charge < -0.3 is 9.88 Å².